The van der Waals surface area contributed by atoms with E-state index >= 15 is 0 Å². The van der Waals surface area contributed by atoms with Gasteiger partial charge in [0.2, 0.25) is 0 Å². The molecule has 1 rings (SSSR count). The highest BCUT2D eigenvalue weighted by molar-refractivity contribution is 5.47. The van der Waals surface area contributed by atoms with E-state index in [9.17, 15) is 0 Å². The van der Waals surface area contributed by atoms with Crippen LogP contribution in [0.5, 0.6) is 0 Å². The maximum Gasteiger partial charge on any atom is 0.0969 e. The fourth-order valence-corrected chi connectivity index (χ4v) is 1.78. The van der Waals surface area contributed by atoms with Crippen molar-refractivity contribution in [1.29, 1.82) is 5.26 Å². The molecule has 0 heterocycles. The van der Waals surface area contributed by atoms with E-state index in [2.05, 4.69) is 54.5 Å². The van der Waals surface area contributed by atoms with Crippen molar-refractivity contribution in [3.63, 3.8) is 0 Å². The summed E-state index contributed by atoms with van der Waals surface area (Å²) in [7, 11) is 2.06. The SMILES string of the molecule is CCNC(C#N)CCN(C)c1cccc(C)c1. The Balaban J connectivity index is 2.49. The summed E-state index contributed by atoms with van der Waals surface area (Å²) in [5.41, 5.74) is 2.47. The minimum absolute atomic E-state index is 0.0488. The van der Waals surface area contributed by atoms with Gasteiger partial charge in [0.05, 0.1) is 12.1 Å². The van der Waals surface area contributed by atoms with Gasteiger partial charge in [0.25, 0.3) is 0 Å². The summed E-state index contributed by atoms with van der Waals surface area (Å²) in [6.45, 7) is 5.84. The Morgan fingerprint density at radius 2 is 2.24 bits per heavy atom. The highest BCUT2D eigenvalue weighted by Crippen LogP contribution is 2.14. The van der Waals surface area contributed by atoms with Crippen molar-refractivity contribution in [3.8, 4) is 6.07 Å². The number of anilines is 1. The molecule has 0 bridgehead atoms. The van der Waals surface area contributed by atoms with E-state index in [1.54, 1.807) is 0 Å². The maximum atomic E-state index is 8.95. The fraction of sp³-hybridized carbons (Fsp3) is 0.500. The lowest BCUT2D eigenvalue weighted by Crippen LogP contribution is -2.31. The fourth-order valence-electron chi connectivity index (χ4n) is 1.78. The Hall–Kier alpha value is -1.53. The van der Waals surface area contributed by atoms with Gasteiger partial charge in [-0.2, -0.15) is 5.26 Å². The molecule has 1 aromatic carbocycles. The van der Waals surface area contributed by atoms with Crippen LogP contribution in [0.25, 0.3) is 0 Å². The summed E-state index contributed by atoms with van der Waals surface area (Å²) in [6.07, 6.45) is 0.842. The molecule has 1 unspecified atom stereocenters. The zero-order valence-corrected chi connectivity index (χ0v) is 10.9. The predicted octanol–water partition coefficient (Wildman–Crippen LogP) is 2.32. The third-order valence-corrected chi connectivity index (χ3v) is 2.80. The van der Waals surface area contributed by atoms with Gasteiger partial charge in [-0.1, -0.05) is 19.1 Å². The van der Waals surface area contributed by atoms with E-state index in [4.69, 9.17) is 5.26 Å². The van der Waals surface area contributed by atoms with Crippen LogP contribution < -0.4 is 10.2 Å². The van der Waals surface area contributed by atoms with Crippen LogP contribution >= 0.6 is 0 Å². The van der Waals surface area contributed by atoms with Crippen molar-refractivity contribution >= 4 is 5.69 Å². The van der Waals surface area contributed by atoms with Crippen LogP contribution in [-0.2, 0) is 0 Å². The van der Waals surface area contributed by atoms with E-state index in [1.807, 2.05) is 6.92 Å². The van der Waals surface area contributed by atoms with E-state index in [0.717, 1.165) is 19.5 Å². The predicted molar refractivity (Wildman–Crippen MR) is 72.1 cm³/mol. The molecule has 92 valence electrons. The number of nitriles is 1. The van der Waals surface area contributed by atoms with Gasteiger partial charge in [0.15, 0.2) is 0 Å². The molecule has 0 saturated heterocycles. The average Bonchev–Trinajstić information content (AvgIpc) is 2.34. The lowest BCUT2D eigenvalue weighted by atomic mass is 10.2. The quantitative estimate of drug-likeness (QED) is 0.816. The second kappa shape index (κ2) is 6.93. The normalized spacial score (nSPS) is 11.9. The van der Waals surface area contributed by atoms with Gasteiger partial charge >= 0.3 is 0 Å². The van der Waals surface area contributed by atoms with Gasteiger partial charge in [-0.05, 0) is 37.6 Å². The lowest BCUT2D eigenvalue weighted by Gasteiger charge is -2.21. The van der Waals surface area contributed by atoms with Crippen molar-refractivity contribution in [1.82, 2.24) is 5.32 Å². The molecule has 0 amide bonds. The molecular weight excluding hydrogens is 210 g/mol. The summed E-state index contributed by atoms with van der Waals surface area (Å²) in [4.78, 5) is 2.19. The Bertz CT molecular complexity index is 381. The molecule has 3 nitrogen and oxygen atoms in total. The highest BCUT2D eigenvalue weighted by atomic mass is 15.1. The molecule has 3 heteroatoms. The topological polar surface area (TPSA) is 39.1 Å². The van der Waals surface area contributed by atoms with Gasteiger partial charge in [-0.3, -0.25) is 0 Å². The van der Waals surface area contributed by atoms with E-state index in [-0.39, 0.29) is 6.04 Å². The molecule has 17 heavy (non-hydrogen) atoms. The molecule has 0 aliphatic heterocycles. The standard InChI is InChI=1S/C14H21N3/c1-4-16-13(11-15)8-9-17(3)14-7-5-6-12(2)10-14/h5-7,10,13,16H,4,8-9H2,1-3H3. The molecule has 0 aliphatic rings. The summed E-state index contributed by atoms with van der Waals surface area (Å²) in [6, 6.07) is 10.6. The Morgan fingerprint density at radius 1 is 1.47 bits per heavy atom. The van der Waals surface area contributed by atoms with Gasteiger partial charge < -0.3 is 10.2 Å². The number of hydrogen-bond acceptors (Lipinski definition) is 3. The molecule has 1 N–H and O–H groups in total. The van der Waals surface area contributed by atoms with Gasteiger partial charge in [0.1, 0.15) is 0 Å². The monoisotopic (exact) mass is 231 g/mol. The summed E-state index contributed by atoms with van der Waals surface area (Å²) in [5, 5.41) is 12.1. The van der Waals surface area contributed by atoms with Crippen LogP contribution in [0.3, 0.4) is 0 Å². The molecule has 1 aromatic rings. The first-order valence-corrected chi connectivity index (χ1v) is 6.08. The van der Waals surface area contributed by atoms with Gasteiger partial charge in [0, 0.05) is 19.3 Å². The van der Waals surface area contributed by atoms with Crippen LogP contribution in [0.4, 0.5) is 5.69 Å². The molecule has 0 fully saturated rings. The molecule has 0 spiro atoms. The average molecular weight is 231 g/mol. The van der Waals surface area contributed by atoms with Crippen LogP contribution in [0.2, 0.25) is 0 Å². The summed E-state index contributed by atoms with van der Waals surface area (Å²) < 4.78 is 0. The van der Waals surface area contributed by atoms with Crippen LogP contribution in [0.1, 0.15) is 18.9 Å². The summed E-state index contributed by atoms with van der Waals surface area (Å²) >= 11 is 0. The summed E-state index contributed by atoms with van der Waals surface area (Å²) in [5.74, 6) is 0. The Kier molecular flexibility index (Phi) is 5.51. The van der Waals surface area contributed by atoms with Gasteiger partial charge in [-0.25, -0.2) is 0 Å². The largest absolute Gasteiger partial charge is 0.374 e. The number of rotatable bonds is 6. The maximum absolute atomic E-state index is 8.95. The molecule has 1 atom stereocenters. The second-order valence-electron chi connectivity index (χ2n) is 4.29. The van der Waals surface area contributed by atoms with E-state index < -0.39 is 0 Å². The van der Waals surface area contributed by atoms with Crippen LogP contribution in [-0.4, -0.2) is 26.2 Å². The van der Waals surface area contributed by atoms with E-state index in [1.165, 1.54) is 11.3 Å². The minimum Gasteiger partial charge on any atom is -0.374 e. The number of hydrogen-bond donors (Lipinski definition) is 1. The number of aryl methyl sites for hydroxylation is 1. The van der Waals surface area contributed by atoms with Crippen molar-refractivity contribution in [2.75, 3.05) is 25.0 Å². The van der Waals surface area contributed by atoms with Gasteiger partial charge in [-0.15, -0.1) is 0 Å². The first-order chi connectivity index (χ1) is 8.17. The van der Waals surface area contributed by atoms with E-state index in [0.29, 0.717) is 0 Å². The second-order valence-corrected chi connectivity index (χ2v) is 4.29. The highest BCUT2D eigenvalue weighted by Gasteiger charge is 2.07. The lowest BCUT2D eigenvalue weighted by molar-refractivity contribution is 0.582. The van der Waals surface area contributed by atoms with Crippen molar-refractivity contribution in [2.24, 2.45) is 0 Å². The number of nitrogens with zero attached hydrogens (tertiary/aromatic N) is 2. The molecule has 0 aromatic heterocycles. The first-order valence-electron chi connectivity index (χ1n) is 6.08. The molecule has 0 aliphatic carbocycles. The zero-order valence-electron chi connectivity index (χ0n) is 10.9. The zero-order chi connectivity index (χ0) is 12.7. The van der Waals surface area contributed by atoms with Crippen LogP contribution in [0.15, 0.2) is 24.3 Å². The number of benzene rings is 1. The molecular formula is C14H21N3. The third kappa shape index (κ3) is 4.46. The third-order valence-electron chi connectivity index (χ3n) is 2.80. The molecule has 0 saturated carbocycles. The van der Waals surface area contributed by atoms with Crippen molar-refractivity contribution in [2.45, 2.75) is 26.3 Å². The molecule has 0 radical (unpaired) electrons. The van der Waals surface area contributed by atoms with Crippen molar-refractivity contribution < 1.29 is 0 Å². The Labute approximate surface area is 104 Å². The van der Waals surface area contributed by atoms with Crippen molar-refractivity contribution in [3.05, 3.63) is 29.8 Å². The minimum atomic E-state index is -0.0488. The van der Waals surface area contributed by atoms with Crippen LogP contribution in [0, 0.1) is 18.3 Å². The Morgan fingerprint density at radius 3 is 2.82 bits per heavy atom. The first kappa shape index (κ1) is 13.5. The number of nitrogens with one attached hydrogen (secondary N) is 1. The smallest absolute Gasteiger partial charge is 0.0969 e.